The number of allylic oxidation sites excluding steroid dienone is 1. The van der Waals surface area contributed by atoms with Crippen LogP contribution in [0.15, 0.2) is 65.8 Å². The van der Waals surface area contributed by atoms with Gasteiger partial charge in [0.05, 0.1) is 11.7 Å². The smallest absolute Gasteiger partial charge is 0.248 e. The fourth-order valence-electron chi connectivity index (χ4n) is 4.60. The molecule has 1 atom stereocenters. The van der Waals surface area contributed by atoms with E-state index in [2.05, 4.69) is 49.2 Å². The van der Waals surface area contributed by atoms with Crippen molar-refractivity contribution in [3.8, 4) is 0 Å². The number of nitrogens with one attached hydrogen (secondary N) is 1. The molecule has 0 aromatic heterocycles. The van der Waals surface area contributed by atoms with Crippen LogP contribution in [0, 0.1) is 12.8 Å². The molecule has 1 saturated carbocycles. The van der Waals surface area contributed by atoms with Gasteiger partial charge in [-0.1, -0.05) is 49.0 Å². The van der Waals surface area contributed by atoms with Crippen LogP contribution in [0.1, 0.15) is 48.8 Å². The minimum atomic E-state index is -2.52. The Hall–Kier alpha value is -2.49. The first-order valence-corrected chi connectivity index (χ1v) is 10.9. The van der Waals surface area contributed by atoms with E-state index in [1.165, 1.54) is 16.7 Å². The number of aliphatic imine (C=N–C) groups is 1. The summed E-state index contributed by atoms with van der Waals surface area (Å²) in [4.78, 5) is 4.92. The highest BCUT2D eigenvalue weighted by atomic mass is 19.3. The normalized spacial score (nSPS) is 19.1. The highest BCUT2D eigenvalue weighted by Gasteiger charge is 2.39. The Labute approximate surface area is 178 Å². The molecule has 1 heterocycles. The zero-order chi connectivity index (χ0) is 21.1. The van der Waals surface area contributed by atoms with E-state index in [1.807, 2.05) is 18.2 Å². The number of benzene rings is 2. The number of hydrogen-bond acceptors (Lipinski definition) is 2. The molecular weight excluding hydrogens is 378 g/mol. The number of aryl methyl sites for hydroxylation is 2. The van der Waals surface area contributed by atoms with Crippen LogP contribution in [0.3, 0.4) is 0 Å². The summed E-state index contributed by atoms with van der Waals surface area (Å²) in [6, 6.07) is 16.7. The van der Waals surface area contributed by atoms with Gasteiger partial charge in [0.2, 0.25) is 5.92 Å². The molecule has 2 aromatic carbocycles. The van der Waals surface area contributed by atoms with Gasteiger partial charge in [0.15, 0.2) is 0 Å². The van der Waals surface area contributed by atoms with Gasteiger partial charge >= 0.3 is 0 Å². The molecule has 1 fully saturated rings. The molecule has 0 amide bonds. The van der Waals surface area contributed by atoms with Crippen molar-refractivity contribution in [2.75, 3.05) is 0 Å². The Morgan fingerprint density at radius 3 is 2.63 bits per heavy atom. The minimum Gasteiger partial charge on any atom is -0.380 e. The molecule has 4 rings (SSSR count). The standard InChI is InChI=1S/C26H30F2N2/c1-18-8-11-22-17-24(30-23(22)16-18)25(21-12-14-26(27,28)15-13-21)29-19(2)9-10-20-6-4-3-5-7-20/h3-8,11,16,21,25,29H,2,9-10,12-15,17H2,1H3. The number of alkyl halides is 2. The van der Waals surface area contributed by atoms with Crippen molar-refractivity contribution < 1.29 is 8.78 Å². The van der Waals surface area contributed by atoms with E-state index in [9.17, 15) is 8.78 Å². The monoisotopic (exact) mass is 408 g/mol. The average molecular weight is 409 g/mol. The van der Waals surface area contributed by atoms with E-state index in [4.69, 9.17) is 4.99 Å². The van der Waals surface area contributed by atoms with Gasteiger partial charge < -0.3 is 5.32 Å². The lowest BCUT2D eigenvalue weighted by Crippen LogP contribution is -2.45. The van der Waals surface area contributed by atoms with Crippen molar-refractivity contribution >= 4 is 11.4 Å². The lowest BCUT2D eigenvalue weighted by Gasteiger charge is -2.35. The van der Waals surface area contributed by atoms with E-state index in [-0.39, 0.29) is 24.8 Å². The van der Waals surface area contributed by atoms with Crippen molar-refractivity contribution in [3.63, 3.8) is 0 Å². The largest absolute Gasteiger partial charge is 0.380 e. The maximum Gasteiger partial charge on any atom is 0.248 e. The molecule has 0 radical (unpaired) electrons. The topological polar surface area (TPSA) is 24.4 Å². The molecule has 0 spiro atoms. The van der Waals surface area contributed by atoms with Gasteiger partial charge in [0, 0.05) is 30.7 Å². The van der Waals surface area contributed by atoms with Gasteiger partial charge in [-0.2, -0.15) is 0 Å². The van der Waals surface area contributed by atoms with Crippen LogP contribution in [-0.4, -0.2) is 17.7 Å². The van der Waals surface area contributed by atoms with Gasteiger partial charge in [-0.15, -0.1) is 0 Å². The Bertz CT molecular complexity index is 923. The van der Waals surface area contributed by atoms with Crippen LogP contribution in [0.4, 0.5) is 14.5 Å². The summed E-state index contributed by atoms with van der Waals surface area (Å²) in [6.07, 6.45) is 3.48. The highest BCUT2D eigenvalue weighted by molar-refractivity contribution is 5.98. The van der Waals surface area contributed by atoms with E-state index in [0.29, 0.717) is 12.8 Å². The number of halogens is 2. The summed E-state index contributed by atoms with van der Waals surface area (Å²) in [5.74, 6) is -2.37. The lowest BCUT2D eigenvalue weighted by atomic mass is 9.79. The van der Waals surface area contributed by atoms with E-state index in [1.54, 1.807) is 0 Å². The van der Waals surface area contributed by atoms with E-state index >= 15 is 0 Å². The number of hydrogen-bond donors (Lipinski definition) is 1. The second kappa shape index (κ2) is 8.71. The molecule has 30 heavy (non-hydrogen) atoms. The molecule has 1 unspecified atom stereocenters. The van der Waals surface area contributed by atoms with Gasteiger partial charge in [-0.05, 0) is 61.3 Å². The zero-order valence-electron chi connectivity index (χ0n) is 17.6. The van der Waals surface area contributed by atoms with Gasteiger partial charge in [-0.3, -0.25) is 4.99 Å². The summed E-state index contributed by atoms with van der Waals surface area (Å²) in [5.41, 5.74) is 6.72. The molecule has 2 aromatic rings. The quantitative estimate of drug-likeness (QED) is 0.552. The van der Waals surface area contributed by atoms with Gasteiger partial charge in [0.1, 0.15) is 0 Å². The SMILES string of the molecule is C=C(CCc1ccccc1)NC(C1=Nc2cc(C)ccc2C1)C1CCC(F)(F)CC1. The maximum absolute atomic E-state index is 13.8. The van der Waals surface area contributed by atoms with E-state index < -0.39 is 5.92 Å². The van der Waals surface area contributed by atoms with Crippen LogP contribution in [-0.2, 0) is 12.8 Å². The predicted octanol–water partition coefficient (Wildman–Crippen LogP) is 6.55. The van der Waals surface area contributed by atoms with Crippen molar-refractivity contribution in [2.45, 2.75) is 63.8 Å². The molecule has 158 valence electrons. The third-order valence-electron chi connectivity index (χ3n) is 6.39. The van der Waals surface area contributed by atoms with E-state index in [0.717, 1.165) is 36.4 Å². The van der Waals surface area contributed by atoms with Crippen LogP contribution in [0.2, 0.25) is 0 Å². The molecular formula is C26H30F2N2. The third-order valence-corrected chi connectivity index (χ3v) is 6.39. The van der Waals surface area contributed by atoms with Crippen LogP contribution in [0.5, 0.6) is 0 Å². The number of rotatable bonds is 7. The lowest BCUT2D eigenvalue weighted by molar-refractivity contribution is -0.0470. The molecule has 2 aliphatic rings. The van der Waals surface area contributed by atoms with Gasteiger partial charge in [-0.25, -0.2) is 8.78 Å². The Balaban J connectivity index is 1.48. The Morgan fingerprint density at radius 2 is 1.90 bits per heavy atom. The van der Waals surface area contributed by atoms with Gasteiger partial charge in [0.25, 0.3) is 0 Å². The molecule has 0 saturated heterocycles. The maximum atomic E-state index is 13.8. The molecule has 1 aliphatic heterocycles. The summed E-state index contributed by atoms with van der Waals surface area (Å²) in [6.45, 7) is 6.32. The zero-order valence-corrected chi connectivity index (χ0v) is 17.6. The van der Waals surface area contributed by atoms with Crippen molar-refractivity contribution in [1.82, 2.24) is 5.32 Å². The highest BCUT2D eigenvalue weighted by Crippen LogP contribution is 2.39. The summed E-state index contributed by atoms with van der Waals surface area (Å²) in [7, 11) is 0. The van der Waals surface area contributed by atoms with Crippen LogP contribution < -0.4 is 5.32 Å². The van der Waals surface area contributed by atoms with Crippen molar-refractivity contribution in [2.24, 2.45) is 10.9 Å². The second-order valence-corrected chi connectivity index (χ2v) is 8.82. The fourth-order valence-corrected chi connectivity index (χ4v) is 4.60. The first kappa shape index (κ1) is 20.8. The first-order valence-electron chi connectivity index (χ1n) is 10.9. The molecule has 4 heteroatoms. The van der Waals surface area contributed by atoms with Crippen molar-refractivity contribution in [3.05, 3.63) is 77.5 Å². The fraction of sp³-hybridized carbons (Fsp3) is 0.423. The minimum absolute atomic E-state index is 0.0305. The van der Waals surface area contributed by atoms with Crippen LogP contribution >= 0.6 is 0 Å². The molecule has 1 N–H and O–H groups in total. The second-order valence-electron chi connectivity index (χ2n) is 8.82. The first-order chi connectivity index (χ1) is 14.4. The molecule has 0 bridgehead atoms. The molecule has 1 aliphatic carbocycles. The summed E-state index contributed by atoms with van der Waals surface area (Å²) in [5, 5.41) is 3.61. The Kier molecular flexibility index (Phi) is 6.03. The van der Waals surface area contributed by atoms with Crippen molar-refractivity contribution in [1.29, 1.82) is 0 Å². The summed E-state index contributed by atoms with van der Waals surface area (Å²) >= 11 is 0. The molecule has 2 nitrogen and oxygen atoms in total. The predicted molar refractivity (Wildman–Crippen MR) is 120 cm³/mol. The summed E-state index contributed by atoms with van der Waals surface area (Å²) < 4.78 is 27.6. The number of fused-ring (bicyclic) bond motifs is 1. The third kappa shape index (κ3) is 4.97. The average Bonchev–Trinajstić information content (AvgIpc) is 3.14. The van der Waals surface area contributed by atoms with Crippen LogP contribution in [0.25, 0.3) is 0 Å². The Morgan fingerprint density at radius 1 is 1.17 bits per heavy atom. The number of nitrogens with zero attached hydrogens (tertiary/aromatic N) is 1.